The Morgan fingerprint density at radius 3 is 2.42 bits per heavy atom. The maximum atomic E-state index is 9.31. The molecule has 1 aromatic carbocycles. The van der Waals surface area contributed by atoms with Gasteiger partial charge in [0.15, 0.2) is 0 Å². The van der Waals surface area contributed by atoms with E-state index in [1.807, 2.05) is 31.2 Å². The lowest BCUT2D eigenvalue weighted by molar-refractivity contribution is 0.591. The predicted octanol–water partition coefficient (Wildman–Crippen LogP) is 5.14. The van der Waals surface area contributed by atoms with Gasteiger partial charge in [0, 0.05) is 14.9 Å². The molecule has 0 aliphatic carbocycles. The summed E-state index contributed by atoms with van der Waals surface area (Å²) < 4.78 is 1.06. The van der Waals surface area contributed by atoms with Crippen LogP contribution in [0.25, 0.3) is 10.6 Å². The molecule has 0 fully saturated rings. The van der Waals surface area contributed by atoms with Gasteiger partial charge in [-0.3, -0.25) is 0 Å². The molecule has 19 heavy (non-hydrogen) atoms. The van der Waals surface area contributed by atoms with Crippen molar-refractivity contribution in [1.82, 2.24) is 4.98 Å². The molecule has 0 spiro atoms. The van der Waals surface area contributed by atoms with E-state index in [0.29, 0.717) is 5.92 Å². The summed E-state index contributed by atoms with van der Waals surface area (Å²) in [6.07, 6.45) is 0. The summed E-state index contributed by atoms with van der Waals surface area (Å²) in [5.41, 5.74) is 2.08. The molecule has 0 bridgehead atoms. The molecule has 98 valence electrons. The summed E-state index contributed by atoms with van der Waals surface area (Å²) >= 11 is 5.06. The Morgan fingerprint density at radius 2 is 1.89 bits per heavy atom. The van der Waals surface area contributed by atoms with Crippen LogP contribution in [0.4, 0.5) is 0 Å². The van der Waals surface area contributed by atoms with Gasteiger partial charge in [0.25, 0.3) is 0 Å². The van der Waals surface area contributed by atoms with Crippen LogP contribution in [0.3, 0.4) is 0 Å². The SMILES string of the molecule is Cc1nc(-c2ccc(Br)cc2)sc1C(C#N)C(C)C. The number of aromatic nitrogens is 1. The van der Waals surface area contributed by atoms with Crippen molar-refractivity contribution in [3.63, 3.8) is 0 Å². The predicted molar refractivity (Wildman–Crippen MR) is 83.2 cm³/mol. The van der Waals surface area contributed by atoms with Crippen molar-refractivity contribution >= 4 is 27.3 Å². The van der Waals surface area contributed by atoms with E-state index in [2.05, 4.69) is 40.8 Å². The molecular weight excluding hydrogens is 320 g/mol. The van der Waals surface area contributed by atoms with Gasteiger partial charge < -0.3 is 0 Å². The van der Waals surface area contributed by atoms with Gasteiger partial charge in [-0.2, -0.15) is 5.26 Å². The van der Waals surface area contributed by atoms with Gasteiger partial charge in [-0.05, 0) is 25.0 Å². The summed E-state index contributed by atoms with van der Waals surface area (Å²) in [7, 11) is 0. The Hall–Kier alpha value is -1.18. The molecule has 0 radical (unpaired) electrons. The number of nitrogens with zero attached hydrogens (tertiary/aromatic N) is 2. The molecule has 0 aliphatic rings. The van der Waals surface area contributed by atoms with Crippen LogP contribution in [-0.2, 0) is 0 Å². The van der Waals surface area contributed by atoms with Crippen molar-refractivity contribution in [3.8, 4) is 16.6 Å². The molecule has 1 unspecified atom stereocenters. The standard InChI is InChI=1S/C15H15BrN2S/c1-9(2)13(8-17)14-10(3)18-15(19-14)11-4-6-12(16)7-5-11/h4-7,9,13H,1-3H3. The average molecular weight is 335 g/mol. The second kappa shape index (κ2) is 5.85. The molecule has 1 atom stereocenters. The molecule has 0 saturated carbocycles. The van der Waals surface area contributed by atoms with Crippen molar-refractivity contribution in [2.75, 3.05) is 0 Å². The summed E-state index contributed by atoms with van der Waals surface area (Å²) in [5.74, 6) is 0.239. The number of halogens is 1. The minimum absolute atomic E-state index is 0.0679. The van der Waals surface area contributed by atoms with Gasteiger partial charge in [0.1, 0.15) is 5.01 Å². The van der Waals surface area contributed by atoms with Crippen LogP contribution in [-0.4, -0.2) is 4.98 Å². The zero-order chi connectivity index (χ0) is 14.0. The van der Waals surface area contributed by atoms with E-state index in [-0.39, 0.29) is 5.92 Å². The number of aryl methyl sites for hydroxylation is 1. The molecule has 0 aliphatic heterocycles. The fourth-order valence-electron chi connectivity index (χ4n) is 1.92. The third-order valence-electron chi connectivity index (χ3n) is 3.01. The van der Waals surface area contributed by atoms with Crippen molar-refractivity contribution in [1.29, 1.82) is 5.26 Å². The van der Waals surface area contributed by atoms with Gasteiger partial charge in [-0.15, -0.1) is 11.3 Å². The Labute approximate surface area is 126 Å². The van der Waals surface area contributed by atoms with E-state index < -0.39 is 0 Å². The third kappa shape index (κ3) is 3.05. The molecular formula is C15H15BrN2S. The summed E-state index contributed by atoms with van der Waals surface area (Å²) in [6, 6.07) is 10.5. The van der Waals surface area contributed by atoms with Gasteiger partial charge in [0.05, 0.1) is 17.7 Å². The van der Waals surface area contributed by atoms with Gasteiger partial charge in [-0.1, -0.05) is 41.9 Å². The van der Waals surface area contributed by atoms with Crippen LogP contribution in [0.5, 0.6) is 0 Å². The topological polar surface area (TPSA) is 36.7 Å². The van der Waals surface area contributed by atoms with Crippen molar-refractivity contribution in [2.24, 2.45) is 5.92 Å². The van der Waals surface area contributed by atoms with E-state index in [1.165, 1.54) is 0 Å². The maximum Gasteiger partial charge on any atom is 0.123 e. The number of nitriles is 1. The summed E-state index contributed by atoms with van der Waals surface area (Å²) in [6.45, 7) is 6.14. The summed E-state index contributed by atoms with van der Waals surface area (Å²) in [4.78, 5) is 5.71. The quantitative estimate of drug-likeness (QED) is 0.778. The molecule has 0 N–H and O–H groups in total. The van der Waals surface area contributed by atoms with E-state index in [4.69, 9.17) is 0 Å². The van der Waals surface area contributed by atoms with Crippen LogP contribution in [0.2, 0.25) is 0 Å². The largest absolute Gasteiger partial charge is 0.241 e. The zero-order valence-corrected chi connectivity index (χ0v) is 13.5. The van der Waals surface area contributed by atoms with Crippen LogP contribution < -0.4 is 0 Å². The van der Waals surface area contributed by atoms with Crippen molar-refractivity contribution in [2.45, 2.75) is 26.7 Å². The lowest BCUT2D eigenvalue weighted by atomic mass is 9.95. The van der Waals surface area contributed by atoms with Gasteiger partial charge in [0.2, 0.25) is 0 Å². The molecule has 2 aromatic rings. The highest BCUT2D eigenvalue weighted by Crippen LogP contribution is 2.35. The Bertz CT molecular complexity index is 608. The smallest absolute Gasteiger partial charge is 0.123 e. The third-order valence-corrected chi connectivity index (χ3v) is 4.83. The Kier molecular flexibility index (Phi) is 4.38. The first-order chi connectivity index (χ1) is 9.02. The minimum Gasteiger partial charge on any atom is -0.241 e. The fraction of sp³-hybridized carbons (Fsp3) is 0.333. The van der Waals surface area contributed by atoms with Crippen molar-refractivity contribution < 1.29 is 0 Å². The number of hydrogen-bond acceptors (Lipinski definition) is 3. The highest BCUT2D eigenvalue weighted by atomic mass is 79.9. The van der Waals surface area contributed by atoms with Crippen LogP contribution >= 0.6 is 27.3 Å². The molecule has 1 heterocycles. The van der Waals surface area contributed by atoms with Crippen molar-refractivity contribution in [3.05, 3.63) is 39.3 Å². The highest BCUT2D eigenvalue weighted by molar-refractivity contribution is 9.10. The fourth-order valence-corrected chi connectivity index (χ4v) is 3.48. The second-order valence-corrected chi connectivity index (χ2v) is 6.77. The van der Waals surface area contributed by atoms with E-state index >= 15 is 0 Å². The molecule has 2 rings (SSSR count). The first-order valence-electron chi connectivity index (χ1n) is 6.15. The lowest BCUT2D eigenvalue weighted by Gasteiger charge is -2.10. The number of benzene rings is 1. The van der Waals surface area contributed by atoms with Gasteiger partial charge in [-0.25, -0.2) is 4.98 Å². The zero-order valence-electron chi connectivity index (χ0n) is 11.1. The first kappa shape index (κ1) is 14.2. The number of thiazole rings is 1. The van der Waals surface area contributed by atoms with E-state index in [1.54, 1.807) is 11.3 Å². The maximum absolute atomic E-state index is 9.31. The lowest BCUT2D eigenvalue weighted by Crippen LogP contribution is -2.03. The number of hydrogen-bond donors (Lipinski definition) is 0. The molecule has 0 saturated heterocycles. The number of rotatable bonds is 3. The van der Waals surface area contributed by atoms with Crippen LogP contribution in [0.15, 0.2) is 28.7 Å². The van der Waals surface area contributed by atoms with E-state index in [9.17, 15) is 5.26 Å². The monoisotopic (exact) mass is 334 g/mol. The minimum atomic E-state index is -0.0679. The Morgan fingerprint density at radius 1 is 1.26 bits per heavy atom. The molecule has 0 amide bonds. The van der Waals surface area contributed by atoms with E-state index in [0.717, 1.165) is 25.6 Å². The van der Waals surface area contributed by atoms with Crippen LogP contribution in [0, 0.1) is 24.2 Å². The Balaban J connectivity index is 2.41. The normalized spacial score (nSPS) is 12.4. The highest BCUT2D eigenvalue weighted by Gasteiger charge is 2.21. The molecule has 1 aromatic heterocycles. The average Bonchev–Trinajstić information content (AvgIpc) is 2.73. The molecule has 2 nitrogen and oxygen atoms in total. The van der Waals surface area contributed by atoms with Crippen LogP contribution in [0.1, 0.15) is 30.3 Å². The first-order valence-corrected chi connectivity index (χ1v) is 7.76. The molecule has 4 heteroatoms. The van der Waals surface area contributed by atoms with Gasteiger partial charge >= 0.3 is 0 Å². The second-order valence-electron chi connectivity index (χ2n) is 4.83. The summed E-state index contributed by atoms with van der Waals surface area (Å²) in [5, 5.41) is 10.3.